The zero-order valence-electron chi connectivity index (χ0n) is 50.5. The van der Waals surface area contributed by atoms with Crippen molar-refractivity contribution in [1.29, 1.82) is 0 Å². The summed E-state index contributed by atoms with van der Waals surface area (Å²) in [5.41, 5.74) is 0. The molecular formula is C42H63FeO42U3. The molecule has 88 heavy (non-hydrogen) atoms. The summed E-state index contributed by atoms with van der Waals surface area (Å²) in [5.74, 6) is -22.7. The molecule has 0 aliphatic rings. The van der Waals surface area contributed by atoms with Crippen LogP contribution in [0, 0.1) is 93.3 Å². The van der Waals surface area contributed by atoms with Gasteiger partial charge in [0.1, 0.15) is 0 Å². The fourth-order valence-electron chi connectivity index (χ4n) is 0. The van der Waals surface area contributed by atoms with Crippen LogP contribution in [-0.4, -0.2) is 125 Å². The standard InChI is InChI=1S/21C2H4O2.Fe.3U/c21*1-2(3)4;;;;/h21*1H3,(H,3,4);;;;/q;;;;;;;;;;;;;;;;;;;;;+3;3*+6/p-21. The molecule has 1 radical (unpaired) electrons. The molecular weight excluding hydrogens is 1950 g/mol. The van der Waals surface area contributed by atoms with Crippen LogP contribution in [0.3, 0.4) is 0 Å². The summed E-state index contributed by atoms with van der Waals surface area (Å²) in [6.45, 7) is 20.4. The van der Waals surface area contributed by atoms with Crippen molar-refractivity contribution in [3.8, 4) is 0 Å². The first-order chi connectivity index (χ1) is 36.4. The molecule has 0 rings (SSSR count). The number of carboxylic acids is 21. The Morgan fingerprint density at radius 3 is 0.114 bits per heavy atom. The van der Waals surface area contributed by atoms with Gasteiger partial charge in [-0.25, -0.2) is 0 Å². The molecule has 0 saturated heterocycles. The van der Waals surface area contributed by atoms with Crippen LogP contribution in [0.4, 0.5) is 0 Å². The molecule has 0 N–H and O–H groups in total. The Labute approximate surface area is 584 Å². The minimum atomic E-state index is -1.08. The van der Waals surface area contributed by atoms with Crippen molar-refractivity contribution in [2.45, 2.75) is 145 Å². The topological polar surface area (TPSA) is 843 Å². The fraction of sp³-hybridized carbons (Fsp3) is 0.500. The minimum absolute atomic E-state index is 0. The second-order valence-electron chi connectivity index (χ2n) is 10.3. The third-order valence-electron chi connectivity index (χ3n) is 0. The second kappa shape index (κ2) is 159. The van der Waals surface area contributed by atoms with Crippen molar-refractivity contribution in [2.75, 3.05) is 0 Å². The fourth-order valence-corrected chi connectivity index (χ4v) is 0. The zero-order valence-corrected chi connectivity index (χ0v) is 64.1. The Morgan fingerprint density at radius 1 is 0.114 bits per heavy atom. The number of rotatable bonds is 0. The summed E-state index contributed by atoms with van der Waals surface area (Å²) in [6.07, 6.45) is 0. The molecule has 42 nitrogen and oxygen atoms in total. The first kappa shape index (κ1) is 165. The molecule has 0 aromatic heterocycles. The average Bonchev–Trinajstić information content (AvgIpc) is 3.03. The number of hydrogen-bond donors (Lipinski definition) is 0. The molecule has 0 aromatic rings. The molecule has 0 spiro atoms. The van der Waals surface area contributed by atoms with Crippen molar-refractivity contribution < 1.29 is 318 Å². The van der Waals surface area contributed by atoms with E-state index in [9.17, 15) is 0 Å². The van der Waals surface area contributed by atoms with Gasteiger partial charge in [-0.15, -0.1) is 0 Å². The van der Waals surface area contributed by atoms with Crippen LogP contribution < -0.4 is 107 Å². The Hall–Kier alpha value is -7.45. The van der Waals surface area contributed by atoms with E-state index in [2.05, 4.69) is 0 Å². The quantitative estimate of drug-likeness (QED) is 0.203. The maximum absolute atomic E-state index is 8.89. The van der Waals surface area contributed by atoms with Gasteiger partial charge in [-0.1, -0.05) is 0 Å². The SMILES string of the molecule is CC(=O)[O-].CC(=O)[O-].CC(=O)[O-].CC(=O)[O-].CC(=O)[O-].CC(=O)[O-].CC(=O)[O-].CC(=O)[O-].CC(=O)[O-].CC(=O)[O-].CC(=O)[O-].CC(=O)[O-].CC(=O)[O-].CC(=O)[O-].CC(=O)[O-].CC(=O)[O-].CC(=O)[O-].CC(=O)[O-].CC(=O)[O-].CC(=O)[O-].CC(=O)[O-].[Fe+3].[U+6].[U+6].[U+6]. The van der Waals surface area contributed by atoms with Crippen LogP contribution in [0.5, 0.6) is 0 Å². The van der Waals surface area contributed by atoms with E-state index in [-0.39, 0.29) is 110 Å². The molecule has 0 bridgehead atoms. The predicted octanol–water partition coefficient (Wildman–Crippen LogP) is -26.1. The Morgan fingerprint density at radius 2 is 0.114 bits per heavy atom. The van der Waals surface area contributed by atoms with Gasteiger partial charge in [0.05, 0.1) is 0 Å². The van der Waals surface area contributed by atoms with Crippen LogP contribution in [0.2, 0.25) is 0 Å². The van der Waals surface area contributed by atoms with Gasteiger partial charge >= 0.3 is 110 Å². The van der Waals surface area contributed by atoms with E-state index in [0.717, 1.165) is 145 Å². The maximum atomic E-state index is 8.89. The molecule has 0 aliphatic carbocycles. The Balaban J connectivity index is -0.0000000205. The first-order valence-electron chi connectivity index (χ1n) is 19.1. The van der Waals surface area contributed by atoms with Gasteiger partial charge in [0.2, 0.25) is 0 Å². The number of carbonyl (C=O) groups is 21. The molecule has 0 amide bonds. The number of carboxylic acid groups (broad SMARTS) is 21. The van der Waals surface area contributed by atoms with Crippen LogP contribution >= 0.6 is 0 Å². The molecule has 0 fully saturated rings. The molecule has 0 aliphatic heterocycles. The number of aliphatic carboxylic acids is 21. The molecule has 503 valence electrons. The van der Waals surface area contributed by atoms with Crippen LogP contribution in [0.25, 0.3) is 0 Å². The molecule has 0 saturated carbocycles. The second-order valence-corrected chi connectivity index (χ2v) is 10.3. The molecule has 46 heteroatoms. The van der Waals surface area contributed by atoms with E-state index >= 15 is 0 Å². The van der Waals surface area contributed by atoms with Crippen LogP contribution in [0.15, 0.2) is 0 Å². The summed E-state index contributed by atoms with van der Waals surface area (Å²) >= 11 is 0. The summed E-state index contributed by atoms with van der Waals surface area (Å²) in [4.78, 5) is 187. The molecule has 0 atom stereocenters. The summed E-state index contributed by atoms with van der Waals surface area (Å²) in [7, 11) is 0. The van der Waals surface area contributed by atoms with Crippen molar-refractivity contribution in [2.24, 2.45) is 0 Å². The first-order valence-corrected chi connectivity index (χ1v) is 19.1. The van der Waals surface area contributed by atoms with Gasteiger partial charge in [-0.05, 0) is 145 Å². The van der Waals surface area contributed by atoms with Crippen molar-refractivity contribution in [1.82, 2.24) is 0 Å². The van der Waals surface area contributed by atoms with Gasteiger partial charge in [0, 0.05) is 125 Å². The van der Waals surface area contributed by atoms with Gasteiger partial charge in [-0.3, -0.25) is 0 Å². The van der Waals surface area contributed by atoms with Gasteiger partial charge in [0.25, 0.3) is 0 Å². The van der Waals surface area contributed by atoms with Gasteiger partial charge in [-0.2, -0.15) is 0 Å². The maximum Gasteiger partial charge on any atom is 6.00 e. The van der Waals surface area contributed by atoms with E-state index in [1.165, 1.54) is 0 Å². The van der Waals surface area contributed by atoms with E-state index in [4.69, 9.17) is 208 Å². The third-order valence-corrected chi connectivity index (χ3v) is 0. The van der Waals surface area contributed by atoms with E-state index in [0.29, 0.717) is 0 Å². The molecule has 0 unspecified atom stereocenters. The minimum Gasteiger partial charge on any atom is -0.550 e. The van der Waals surface area contributed by atoms with Crippen molar-refractivity contribution in [3.05, 3.63) is 0 Å². The predicted molar refractivity (Wildman–Crippen MR) is 224 cm³/mol. The van der Waals surface area contributed by atoms with Crippen molar-refractivity contribution >= 4 is 125 Å². The monoisotopic (exact) mass is 2010 g/mol. The largest absolute Gasteiger partial charge is 6.00 e. The van der Waals surface area contributed by atoms with E-state index < -0.39 is 125 Å². The van der Waals surface area contributed by atoms with E-state index in [1.54, 1.807) is 0 Å². The summed E-state index contributed by atoms with van der Waals surface area (Å²) in [6, 6.07) is 0. The van der Waals surface area contributed by atoms with Gasteiger partial charge < -0.3 is 208 Å². The van der Waals surface area contributed by atoms with E-state index in [1.807, 2.05) is 0 Å². The average molecular weight is 2010 g/mol. The number of hydrogen-bond acceptors (Lipinski definition) is 42. The summed E-state index contributed by atoms with van der Waals surface area (Å²) in [5, 5.41) is 187. The molecule has 0 aromatic carbocycles. The van der Waals surface area contributed by atoms with Gasteiger partial charge in [0.15, 0.2) is 0 Å². The Kier molecular flexibility index (Phi) is 299. The number of carbonyl (C=O) groups excluding carboxylic acids is 21. The van der Waals surface area contributed by atoms with Crippen LogP contribution in [0.1, 0.15) is 145 Å². The Bertz CT molecular complexity index is 1150. The summed E-state index contributed by atoms with van der Waals surface area (Å²) < 4.78 is 0. The smallest absolute Gasteiger partial charge is 0.550 e. The third kappa shape index (κ3) is 8500. The van der Waals surface area contributed by atoms with Crippen molar-refractivity contribution in [3.63, 3.8) is 0 Å². The normalized spacial score (nSPS) is 5.97. The zero-order chi connectivity index (χ0) is 75.1. The van der Waals surface area contributed by atoms with Crippen LogP contribution in [-0.2, 0) is 118 Å². The molecule has 0 heterocycles.